The van der Waals surface area contributed by atoms with Gasteiger partial charge in [0.05, 0.1) is 0 Å². The molecule has 2 aromatic rings. The Hall–Kier alpha value is -0.770. The van der Waals surface area contributed by atoms with Gasteiger partial charge in [0, 0.05) is 22.4 Å². The summed E-state index contributed by atoms with van der Waals surface area (Å²) in [6, 6.07) is 5.39. The van der Waals surface area contributed by atoms with Crippen molar-refractivity contribution in [1.82, 2.24) is 9.55 Å². The molecule has 1 heterocycles. The Morgan fingerprint density at radius 1 is 1.31 bits per heavy atom. The van der Waals surface area contributed by atoms with Crippen LogP contribution in [0.3, 0.4) is 0 Å². The first-order chi connectivity index (χ1) is 7.65. The molecule has 0 spiro atoms. The number of nitrogens with zero attached hydrogens (tertiary/aromatic N) is 2. The third kappa shape index (κ3) is 2.88. The van der Waals surface area contributed by atoms with E-state index in [2.05, 4.69) is 20.9 Å². The Morgan fingerprint density at radius 2 is 2.12 bits per heavy atom. The van der Waals surface area contributed by atoms with Gasteiger partial charge in [-0.25, -0.2) is 4.98 Å². The highest BCUT2D eigenvalue weighted by Crippen LogP contribution is 2.22. The van der Waals surface area contributed by atoms with Crippen molar-refractivity contribution in [2.24, 2.45) is 0 Å². The van der Waals surface area contributed by atoms with Gasteiger partial charge in [-0.1, -0.05) is 29.3 Å². The quantitative estimate of drug-likeness (QED) is 0.792. The first-order valence-electron chi connectivity index (χ1n) is 4.47. The molecule has 1 aromatic heterocycles. The molecule has 0 amide bonds. The largest absolute Gasteiger partial charge is 0.312 e. The average molecular weight is 318 g/mol. The van der Waals surface area contributed by atoms with Crippen molar-refractivity contribution in [2.75, 3.05) is 0 Å². The Bertz CT molecular complexity index is 535. The van der Waals surface area contributed by atoms with Crippen molar-refractivity contribution in [1.29, 1.82) is 0 Å². The fourth-order valence-electron chi connectivity index (χ4n) is 1.20. The Morgan fingerprint density at radius 3 is 2.75 bits per heavy atom. The van der Waals surface area contributed by atoms with Crippen LogP contribution in [0.15, 0.2) is 35.3 Å². The molecule has 0 aliphatic rings. The number of hydrogen-bond acceptors (Lipinski definition) is 1. The molecule has 2 nitrogen and oxygen atoms in total. The van der Waals surface area contributed by atoms with E-state index in [0.29, 0.717) is 10.0 Å². The van der Waals surface area contributed by atoms with Crippen LogP contribution in [-0.2, 0) is 0 Å². The lowest BCUT2D eigenvalue weighted by Gasteiger charge is -1.98. The number of benzene rings is 1. The van der Waals surface area contributed by atoms with E-state index in [4.69, 9.17) is 23.2 Å². The minimum Gasteiger partial charge on any atom is -0.312 e. The summed E-state index contributed by atoms with van der Waals surface area (Å²) in [7, 11) is 0. The number of rotatable bonds is 2. The highest BCUT2D eigenvalue weighted by Gasteiger charge is 1.97. The third-order valence-corrected chi connectivity index (χ3v) is 2.93. The van der Waals surface area contributed by atoms with Gasteiger partial charge in [0.1, 0.15) is 10.9 Å². The normalized spacial score (nSPS) is 11.2. The van der Waals surface area contributed by atoms with Crippen LogP contribution in [0, 0.1) is 0 Å². The Balaban J connectivity index is 2.23. The second-order valence-corrected chi connectivity index (χ2v) is 4.78. The SMILES string of the molecule is Clc1ccc(C=Cn2cnc(Br)c2)c(Cl)c1. The molecule has 5 heteroatoms. The van der Waals surface area contributed by atoms with E-state index in [1.807, 2.05) is 29.1 Å². The van der Waals surface area contributed by atoms with Crippen LogP contribution in [-0.4, -0.2) is 9.55 Å². The summed E-state index contributed by atoms with van der Waals surface area (Å²) in [5.74, 6) is 0. The van der Waals surface area contributed by atoms with Gasteiger partial charge >= 0.3 is 0 Å². The van der Waals surface area contributed by atoms with Crippen LogP contribution >= 0.6 is 39.1 Å². The molecule has 0 aliphatic carbocycles. The minimum absolute atomic E-state index is 0.628. The van der Waals surface area contributed by atoms with Crippen LogP contribution in [0.25, 0.3) is 12.3 Å². The standard InChI is InChI=1S/C11H7BrCl2N2/c12-11-6-16(7-15-11)4-3-8-1-2-9(13)5-10(8)14/h1-7H. The van der Waals surface area contributed by atoms with Gasteiger partial charge in [-0.15, -0.1) is 0 Å². The molecule has 0 bridgehead atoms. The van der Waals surface area contributed by atoms with Gasteiger partial charge < -0.3 is 4.57 Å². The van der Waals surface area contributed by atoms with Crippen LogP contribution in [0.1, 0.15) is 5.56 Å². The molecule has 0 atom stereocenters. The molecule has 0 saturated heterocycles. The smallest absolute Gasteiger partial charge is 0.124 e. The molecule has 0 unspecified atom stereocenters. The summed E-state index contributed by atoms with van der Waals surface area (Å²) >= 11 is 15.1. The van der Waals surface area contributed by atoms with E-state index in [9.17, 15) is 0 Å². The maximum Gasteiger partial charge on any atom is 0.124 e. The van der Waals surface area contributed by atoms with E-state index in [-0.39, 0.29) is 0 Å². The number of aromatic nitrogens is 2. The lowest BCUT2D eigenvalue weighted by atomic mass is 10.2. The van der Waals surface area contributed by atoms with Crippen molar-refractivity contribution < 1.29 is 0 Å². The van der Waals surface area contributed by atoms with Gasteiger partial charge in [0.2, 0.25) is 0 Å². The molecular weight excluding hydrogens is 311 g/mol. The fraction of sp³-hybridized carbons (Fsp3) is 0. The number of imidazole rings is 1. The van der Waals surface area contributed by atoms with Crippen LogP contribution in [0.5, 0.6) is 0 Å². The fourth-order valence-corrected chi connectivity index (χ4v) is 2.00. The molecule has 16 heavy (non-hydrogen) atoms. The molecule has 2 rings (SSSR count). The molecule has 0 fully saturated rings. The zero-order valence-corrected chi connectivity index (χ0v) is 11.2. The first-order valence-corrected chi connectivity index (χ1v) is 6.02. The molecule has 0 aliphatic heterocycles. The van der Waals surface area contributed by atoms with Gasteiger partial charge in [0.15, 0.2) is 0 Å². The van der Waals surface area contributed by atoms with Crippen molar-refractivity contribution >= 4 is 51.4 Å². The van der Waals surface area contributed by atoms with Gasteiger partial charge in [0.25, 0.3) is 0 Å². The van der Waals surface area contributed by atoms with E-state index < -0.39 is 0 Å². The van der Waals surface area contributed by atoms with E-state index in [1.165, 1.54) is 0 Å². The van der Waals surface area contributed by atoms with Crippen LogP contribution in [0.2, 0.25) is 10.0 Å². The van der Waals surface area contributed by atoms with Crippen molar-refractivity contribution in [3.05, 3.63) is 50.9 Å². The Labute approximate surface area is 112 Å². The van der Waals surface area contributed by atoms with Crippen LogP contribution < -0.4 is 0 Å². The minimum atomic E-state index is 0.628. The van der Waals surface area contributed by atoms with Crippen molar-refractivity contribution in [2.45, 2.75) is 0 Å². The Kier molecular flexibility index (Phi) is 3.69. The summed E-state index contributed by atoms with van der Waals surface area (Å²) < 4.78 is 2.62. The maximum atomic E-state index is 6.03. The van der Waals surface area contributed by atoms with Crippen molar-refractivity contribution in [3.63, 3.8) is 0 Å². The van der Waals surface area contributed by atoms with E-state index >= 15 is 0 Å². The second kappa shape index (κ2) is 5.04. The summed E-state index contributed by atoms with van der Waals surface area (Å²) in [5, 5.41) is 1.26. The highest BCUT2D eigenvalue weighted by molar-refractivity contribution is 9.10. The maximum absolute atomic E-state index is 6.03. The number of halogens is 3. The zero-order valence-electron chi connectivity index (χ0n) is 8.07. The molecule has 0 N–H and O–H groups in total. The number of hydrogen-bond donors (Lipinski definition) is 0. The van der Waals surface area contributed by atoms with Gasteiger partial charge in [-0.3, -0.25) is 0 Å². The summed E-state index contributed by atoms with van der Waals surface area (Å²) in [5.41, 5.74) is 0.913. The lowest BCUT2D eigenvalue weighted by Crippen LogP contribution is -1.80. The predicted octanol–water partition coefficient (Wildman–Crippen LogP) is 4.58. The zero-order chi connectivity index (χ0) is 11.5. The second-order valence-electron chi connectivity index (χ2n) is 3.13. The monoisotopic (exact) mass is 316 g/mol. The van der Waals surface area contributed by atoms with Gasteiger partial charge in [-0.05, 0) is 39.7 Å². The van der Waals surface area contributed by atoms with E-state index in [1.54, 1.807) is 18.5 Å². The molecule has 1 aromatic carbocycles. The topological polar surface area (TPSA) is 17.8 Å². The summed E-state index contributed by atoms with van der Waals surface area (Å²) in [6.45, 7) is 0. The molecule has 0 radical (unpaired) electrons. The van der Waals surface area contributed by atoms with Gasteiger partial charge in [-0.2, -0.15) is 0 Å². The molecule has 82 valence electrons. The van der Waals surface area contributed by atoms with E-state index in [0.717, 1.165) is 10.2 Å². The van der Waals surface area contributed by atoms with Crippen molar-refractivity contribution in [3.8, 4) is 0 Å². The summed E-state index contributed by atoms with van der Waals surface area (Å²) in [4.78, 5) is 4.04. The summed E-state index contributed by atoms with van der Waals surface area (Å²) in [6.07, 6.45) is 7.31. The highest BCUT2D eigenvalue weighted by atomic mass is 79.9. The molecule has 0 saturated carbocycles. The predicted molar refractivity (Wildman–Crippen MR) is 71.6 cm³/mol. The first kappa shape index (κ1) is 11.7. The molecular formula is C11H7BrCl2N2. The van der Waals surface area contributed by atoms with Crippen LogP contribution in [0.4, 0.5) is 0 Å². The average Bonchev–Trinajstić information content (AvgIpc) is 2.63. The lowest BCUT2D eigenvalue weighted by molar-refractivity contribution is 1.14. The third-order valence-electron chi connectivity index (χ3n) is 1.96.